The first kappa shape index (κ1) is 29.2. The van der Waals surface area contributed by atoms with Gasteiger partial charge in [-0.25, -0.2) is 0 Å². The van der Waals surface area contributed by atoms with Crippen LogP contribution in [0.3, 0.4) is 0 Å². The fourth-order valence-corrected chi connectivity index (χ4v) is 6.52. The number of nitrogens with one attached hydrogen (secondary N) is 5. The first-order chi connectivity index (χ1) is 21.3. The van der Waals surface area contributed by atoms with Crippen LogP contribution in [0.25, 0.3) is 17.0 Å². The van der Waals surface area contributed by atoms with E-state index in [-0.39, 0.29) is 30.4 Å². The number of aromatic nitrogens is 4. The maximum atomic E-state index is 12.2. The molecule has 3 aromatic heterocycles. The summed E-state index contributed by atoms with van der Waals surface area (Å²) in [5, 5.41) is 31.0. The normalized spacial score (nSPS) is 26.6. The average Bonchev–Trinajstić information content (AvgIpc) is 3.72. The van der Waals surface area contributed by atoms with Crippen molar-refractivity contribution in [1.29, 1.82) is 0 Å². The Balaban J connectivity index is 1.28. The molecule has 7 heterocycles. The van der Waals surface area contributed by atoms with Crippen molar-refractivity contribution in [3.8, 4) is 11.5 Å². The third-order valence-corrected chi connectivity index (χ3v) is 8.74. The predicted octanol–water partition coefficient (Wildman–Crippen LogP) is -3.53. The van der Waals surface area contributed by atoms with Gasteiger partial charge in [-0.15, -0.1) is 0 Å². The molecule has 13 N–H and O–H groups in total. The van der Waals surface area contributed by atoms with Gasteiger partial charge in [-0.05, 0) is 0 Å². The van der Waals surface area contributed by atoms with Crippen molar-refractivity contribution in [2.24, 2.45) is 5.73 Å². The third kappa shape index (κ3) is 4.97. The molecule has 0 radical (unpaired) electrons. The summed E-state index contributed by atoms with van der Waals surface area (Å²) in [7, 11) is -10.6. The molecule has 1 unspecified atom stereocenters. The Kier molecular flexibility index (Phi) is 6.63. The van der Waals surface area contributed by atoms with Crippen molar-refractivity contribution in [3.63, 3.8) is 0 Å². The minimum atomic E-state index is -5.33. The molecule has 0 saturated carbocycles. The molecule has 45 heavy (non-hydrogen) atoms. The summed E-state index contributed by atoms with van der Waals surface area (Å²) in [5.74, 6) is -3.63. The fourth-order valence-electron chi connectivity index (χ4n) is 4.86. The number of hydrogen-bond acceptors (Lipinski definition) is 20. The van der Waals surface area contributed by atoms with Crippen molar-refractivity contribution >= 4 is 39.3 Å². The van der Waals surface area contributed by atoms with Crippen molar-refractivity contribution < 1.29 is 57.0 Å². The summed E-state index contributed by atoms with van der Waals surface area (Å²) in [6, 6.07) is 0. The number of aliphatic hydroxyl groups is 1. The van der Waals surface area contributed by atoms with E-state index in [4.69, 9.17) is 33.0 Å². The SMILES string of the molecule is NC1=C2NCN(c3oc4c(c3O)O[PH](O)(O)O/C=C3/OC(n5cnc6c(=O)[nH]c(=O)[nH]c65)=C(O[PH](O)(O)OC4)[C@@H]3O)C2NCN1. The number of aliphatic hydroxyl groups excluding tert-OH is 1. The van der Waals surface area contributed by atoms with E-state index in [0.717, 1.165) is 10.9 Å². The summed E-state index contributed by atoms with van der Waals surface area (Å²) in [5.41, 5.74) is 4.23. The van der Waals surface area contributed by atoms with Gasteiger partial charge in [0, 0.05) is 0 Å². The van der Waals surface area contributed by atoms with E-state index in [1.165, 1.54) is 4.90 Å². The van der Waals surface area contributed by atoms with Crippen LogP contribution in [-0.2, 0) is 24.9 Å². The van der Waals surface area contributed by atoms with Crippen LogP contribution in [0.5, 0.6) is 11.5 Å². The summed E-state index contributed by atoms with van der Waals surface area (Å²) >= 11 is 0. The number of anilines is 1. The second-order valence-electron chi connectivity index (χ2n) is 9.72. The van der Waals surface area contributed by atoms with Gasteiger partial charge in [0.25, 0.3) is 0 Å². The van der Waals surface area contributed by atoms with Gasteiger partial charge in [-0.3, -0.25) is 0 Å². The maximum absolute atomic E-state index is 12.2. The fraction of sp³-hybridized carbons (Fsp3) is 0.250. The Morgan fingerprint density at radius 1 is 1.09 bits per heavy atom. The Hall–Kier alpha value is -4.57. The second kappa shape index (κ2) is 10.2. The van der Waals surface area contributed by atoms with Gasteiger partial charge < -0.3 is 0 Å². The Morgan fingerprint density at radius 3 is 2.69 bits per heavy atom. The molecule has 244 valence electrons. The van der Waals surface area contributed by atoms with Crippen LogP contribution >= 0.6 is 16.3 Å². The molecule has 0 amide bonds. The molecular formula is C20H25N9O14P2. The Bertz CT molecular complexity index is 1930. The topological polar surface area (TPSA) is 330 Å². The molecule has 23 nitrogen and oxygen atoms in total. The zero-order valence-electron chi connectivity index (χ0n) is 22.3. The molecular weight excluding hydrogens is 652 g/mol. The number of imidazole rings is 1. The molecule has 25 heteroatoms. The van der Waals surface area contributed by atoms with Crippen molar-refractivity contribution in [3.05, 3.63) is 62.2 Å². The van der Waals surface area contributed by atoms with Crippen molar-refractivity contribution in [2.75, 3.05) is 18.2 Å². The van der Waals surface area contributed by atoms with Gasteiger partial charge in [0.2, 0.25) is 0 Å². The van der Waals surface area contributed by atoms with Crippen LogP contribution in [0.2, 0.25) is 0 Å². The summed E-state index contributed by atoms with van der Waals surface area (Å²) in [6.07, 6.45) is -1.07. The van der Waals surface area contributed by atoms with Gasteiger partial charge in [0.15, 0.2) is 0 Å². The number of hydrogen-bond donors (Lipinski definition) is 12. The summed E-state index contributed by atoms with van der Waals surface area (Å²) < 4.78 is 32.9. The monoisotopic (exact) mass is 677 g/mol. The first-order valence-corrected chi connectivity index (χ1v) is 16.2. The molecule has 3 aromatic rings. The van der Waals surface area contributed by atoms with Crippen LogP contribution in [0.1, 0.15) is 5.76 Å². The van der Waals surface area contributed by atoms with E-state index in [1.807, 2.05) is 4.98 Å². The van der Waals surface area contributed by atoms with E-state index < -0.39 is 81.1 Å². The van der Waals surface area contributed by atoms with E-state index in [2.05, 4.69) is 25.9 Å². The zero-order valence-corrected chi connectivity index (χ0v) is 24.3. The van der Waals surface area contributed by atoms with Crippen LogP contribution in [0.4, 0.5) is 5.88 Å². The third-order valence-electron chi connectivity index (χ3n) is 6.84. The zero-order chi connectivity index (χ0) is 31.8. The van der Waals surface area contributed by atoms with Gasteiger partial charge in [0.05, 0.1) is 0 Å². The molecule has 1 saturated heterocycles. The number of ether oxygens (including phenoxy) is 1. The van der Waals surface area contributed by atoms with Crippen LogP contribution in [0, 0.1) is 0 Å². The molecule has 2 bridgehead atoms. The number of furan rings is 1. The number of aromatic hydroxyl groups is 1. The van der Waals surface area contributed by atoms with Crippen LogP contribution < -0.4 is 42.4 Å². The average molecular weight is 677 g/mol. The van der Waals surface area contributed by atoms with E-state index in [9.17, 15) is 39.4 Å². The van der Waals surface area contributed by atoms with Gasteiger partial charge >= 0.3 is 248 Å². The second-order valence-corrected chi connectivity index (χ2v) is 12.8. The van der Waals surface area contributed by atoms with E-state index in [1.54, 1.807) is 0 Å². The Morgan fingerprint density at radius 2 is 1.89 bits per heavy atom. The van der Waals surface area contributed by atoms with Crippen LogP contribution in [-0.4, -0.2) is 74.9 Å². The van der Waals surface area contributed by atoms with E-state index in [0.29, 0.717) is 17.8 Å². The molecule has 0 aromatic carbocycles. The molecule has 4 aliphatic heterocycles. The van der Waals surface area contributed by atoms with E-state index >= 15 is 0 Å². The van der Waals surface area contributed by atoms with Crippen molar-refractivity contribution in [2.45, 2.75) is 18.9 Å². The number of nitrogens with two attached hydrogens (primary N) is 1. The number of H-pyrrole nitrogens is 2. The number of nitrogens with zero attached hydrogens (tertiary/aromatic N) is 3. The predicted molar refractivity (Wildman–Crippen MR) is 149 cm³/mol. The number of rotatable bonds is 2. The standard InChI is InChI=1S/C20H25N9O14P2/c21-14-8-15(23-3-22-14)28(4-24-8)18-11(31)12-7(41-18)2-39-45(36,37)43-13-10(30)6(1-38-44(34,35)42-12)40-19(13)29-5-25-9-16(29)26-20(33)27-17(9)32/h1,5,10,15,22-24,30-31,34-37,44-45H,2-4,21H2,(H2,26,27,32,33)/b6-1+/t10-,15?/m1/s1. The Labute approximate surface area is 248 Å². The number of aromatic amines is 2. The molecule has 0 aliphatic carbocycles. The van der Waals surface area contributed by atoms with Gasteiger partial charge in [0.1, 0.15) is 0 Å². The quantitative estimate of drug-likeness (QED) is 0.117. The summed E-state index contributed by atoms with van der Waals surface area (Å²) in [4.78, 5) is 76.5. The molecule has 0 spiro atoms. The van der Waals surface area contributed by atoms with Crippen LogP contribution in [0.15, 0.2) is 49.6 Å². The first-order valence-electron chi connectivity index (χ1n) is 12.7. The molecule has 2 atom stereocenters. The molecule has 4 aliphatic rings. The number of fused-ring (bicyclic) bond motifs is 5. The summed E-state index contributed by atoms with van der Waals surface area (Å²) in [6.45, 7) is -0.568. The van der Waals surface area contributed by atoms with Gasteiger partial charge in [-0.2, -0.15) is 0 Å². The minimum absolute atomic E-state index is 0.0631. The van der Waals surface area contributed by atoms with Crippen molar-refractivity contribution in [1.82, 2.24) is 35.5 Å². The van der Waals surface area contributed by atoms with Gasteiger partial charge in [-0.1, -0.05) is 0 Å². The molecule has 7 rings (SSSR count). The molecule has 1 fully saturated rings.